The Hall–Kier alpha value is -2.92. The minimum absolute atomic E-state index is 0.404. The van der Waals surface area contributed by atoms with E-state index in [1.165, 1.54) is 12.8 Å². The van der Waals surface area contributed by atoms with Crippen molar-refractivity contribution in [3.05, 3.63) is 88.4 Å². The molecule has 0 spiro atoms. The van der Waals surface area contributed by atoms with Crippen molar-refractivity contribution in [3.8, 4) is 11.5 Å². The number of esters is 1. The van der Waals surface area contributed by atoms with Gasteiger partial charge in [0.05, 0.1) is 17.9 Å². The van der Waals surface area contributed by atoms with Gasteiger partial charge >= 0.3 is 5.97 Å². The van der Waals surface area contributed by atoms with Crippen molar-refractivity contribution in [1.82, 2.24) is 0 Å². The molecule has 0 radical (unpaired) electrons. The predicted molar refractivity (Wildman–Crippen MR) is 124 cm³/mol. The molecule has 3 rings (SSSR count). The third-order valence-corrected chi connectivity index (χ3v) is 4.86. The second-order valence-corrected chi connectivity index (χ2v) is 7.69. The van der Waals surface area contributed by atoms with Gasteiger partial charge in [-0.2, -0.15) is 0 Å². The Balaban J connectivity index is 1.54. The summed E-state index contributed by atoms with van der Waals surface area (Å²) in [6.07, 6.45) is 5.24. The summed E-state index contributed by atoms with van der Waals surface area (Å²) in [5.74, 6) is 0.962. The number of rotatable bonds is 9. The van der Waals surface area contributed by atoms with Gasteiger partial charge in [-0.3, -0.25) is 4.99 Å². The number of carbonyl (C=O) groups is 1. The highest BCUT2D eigenvalue weighted by atomic mass is 79.9. The molecule has 0 saturated heterocycles. The van der Waals surface area contributed by atoms with Crippen molar-refractivity contribution < 1.29 is 14.3 Å². The molecule has 0 aromatic heterocycles. The lowest BCUT2D eigenvalue weighted by atomic mass is 10.2. The number of hydrogen-bond acceptors (Lipinski definition) is 4. The van der Waals surface area contributed by atoms with Gasteiger partial charge in [0.2, 0.25) is 0 Å². The summed E-state index contributed by atoms with van der Waals surface area (Å²) < 4.78 is 12.0. The molecule has 0 amide bonds. The van der Waals surface area contributed by atoms with Crippen LogP contribution in [0.2, 0.25) is 0 Å². The van der Waals surface area contributed by atoms with Gasteiger partial charge in [-0.25, -0.2) is 4.79 Å². The van der Waals surface area contributed by atoms with E-state index in [-0.39, 0.29) is 0 Å². The van der Waals surface area contributed by atoms with Crippen LogP contribution in [-0.2, 0) is 0 Å². The summed E-state index contributed by atoms with van der Waals surface area (Å²) in [6, 6.07) is 22.0. The average Bonchev–Trinajstić information content (AvgIpc) is 2.76. The van der Waals surface area contributed by atoms with Gasteiger partial charge < -0.3 is 9.47 Å². The second-order valence-electron chi connectivity index (χ2n) is 6.78. The molecule has 30 heavy (non-hydrogen) atoms. The Morgan fingerprint density at radius 1 is 0.967 bits per heavy atom. The SMILES string of the molecule is CCCCCOc1ccc(C=Nc2ccc(C(=O)Oc3cccc(Br)c3)cc2)cc1. The van der Waals surface area contributed by atoms with E-state index >= 15 is 0 Å². The van der Waals surface area contributed by atoms with Crippen LogP contribution in [0.5, 0.6) is 11.5 Å². The molecule has 5 heteroatoms. The van der Waals surface area contributed by atoms with Crippen molar-refractivity contribution >= 4 is 33.8 Å². The number of hydrogen-bond donors (Lipinski definition) is 0. The Morgan fingerprint density at radius 2 is 1.73 bits per heavy atom. The highest BCUT2D eigenvalue weighted by Crippen LogP contribution is 2.20. The Bertz CT molecular complexity index is 982. The van der Waals surface area contributed by atoms with E-state index in [9.17, 15) is 4.79 Å². The topological polar surface area (TPSA) is 47.9 Å². The first-order valence-electron chi connectivity index (χ1n) is 9.99. The van der Waals surface area contributed by atoms with Gasteiger partial charge in [0.15, 0.2) is 0 Å². The third kappa shape index (κ3) is 6.85. The molecule has 0 aliphatic rings. The summed E-state index contributed by atoms with van der Waals surface area (Å²) in [5.41, 5.74) is 2.21. The monoisotopic (exact) mass is 465 g/mol. The normalized spacial score (nSPS) is 10.9. The average molecular weight is 466 g/mol. The first kappa shape index (κ1) is 21.8. The van der Waals surface area contributed by atoms with Crippen molar-refractivity contribution in [2.24, 2.45) is 4.99 Å². The van der Waals surface area contributed by atoms with Gasteiger partial charge in [0.1, 0.15) is 11.5 Å². The van der Waals surface area contributed by atoms with Crippen molar-refractivity contribution in [1.29, 1.82) is 0 Å². The van der Waals surface area contributed by atoms with Crippen molar-refractivity contribution in [2.45, 2.75) is 26.2 Å². The number of carbonyl (C=O) groups excluding carboxylic acids is 1. The maximum Gasteiger partial charge on any atom is 0.343 e. The minimum Gasteiger partial charge on any atom is -0.494 e. The maximum atomic E-state index is 12.3. The summed E-state index contributed by atoms with van der Waals surface area (Å²) in [7, 11) is 0. The summed E-state index contributed by atoms with van der Waals surface area (Å²) in [6.45, 7) is 2.93. The Labute approximate surface area is 185 Å². The van der Waals surface area contributed by atoms with Crippen LogP contribution in [0.3, 0.4) is 0 Å². The zero-order valence-corrected chi connectivity index (χ0v) is 18.5. The van der Waals surface area contributed by atoms with Gasteiger partial charge in [0, 0.05) is 10.7 Å². The molecular weight excluding hydrogens is 442 g/mol. The maximum absolute atomic E-state index is 12.3. The van der Waals surface area contributed by atoms with Crippen LogP contribution in [0.1, 0.15) is 42.1 Å². The second kappa shape index (κ2) is 11.3. The quantitative estimate of drug-likeness (QED) is 0.148. The summed E-state index contributed by atoms with van der Waals surface area (Å²) in [4.78, 5) is 16.7. The molecule has 0 atom stereocenters. The van der Waals surface area contributed by atoms with E-state index in [0.717, 1.165) is 34.5 Å². The lowest BCUT2D eigenvalue weighted by molar-refractivity contribution is 0.0734. The zero-order chi connectivity index (χ0) is 21.2. The van der Waals surface area contributed by atoms with E-state index in [1.54, 1.807) is 42.6 Å². The van der Waals surface area contributed by atoms with Gasteiger partial charge in [-0.1, -0.05) is 41.8 Å². The van der Waals surface area contributed by atoms with Crippen LogP contribution in [0.15, 0.2) is 82.3 Å². The van der Waals surface area contributed by atoms with Gasteiger partial charge in [0.25, 0.3) is 0 Å². The first-order valence-corrected chi connectivity index (χ1v) is 10.8. The largest absolute Gasteiger partial charge is 0.494 e. The zero-order valence-electron chi connectivity index (χ0n) is 16.9. The van der Waals surface area contributed by atoms with E-state index in [1.807, 2.05) is 36.4 Å². The van der Waals surface area contributed by atoms with E-state index in [2.05, 4.69) is 27.8 Å². The fraction of sp³-hybridized carbons (Fsp3) is 0.200. The molecule has 0 N–H and O–H groups in total. The molecule has 3 aromatic carbocycles. The van der Waals surface area contributed by atoms with Crippen LogP contribution < -0.4 is 9.47 Å². The first-order chi connectivity index (χ1) is 14.6. The van der Waals surface area contributed by atoms with Crippen LogP contribution in [0.4, 0.5) is 5.69 Å². The highest BCUT2D eigenvalue weighted by molar-refractivity contribution is 9.10. The lowest BCUT2D eigenvalue weighted by Crippen LogP contribution is -2.07. The molecule has 0 aliphatic carbocycles. The molecule has 0 unspecified atom stereocenters. The van der Waals surface area contributed by atoms with Crippen LogP contribution in [0.25, 0.3) is 0 Å². The smallest absolute Gasteiger partial charge is 0.343 e. The molecule has 4 nitrogen and oxygen atoms in total. The van der Waals surface area contributed by atoms with Gasteiger partial charge in [-0.05, 0) is 78.7 Å². The Kier molecular flexibility index (Phi) is 8.21. The number of unbranched alkanes of at least 4 members (excludes halogenated alkanes) is 2. The summed E-state index contributed by atoms with van der Waals surface area (Å²) in [5, 5.41) is 0. The number of aliphatic imine (C=N–C) groups is 1. The van der Waals surface area contributed by atoms with Crippen molar-refractivity contribution in [2.75, 3.05) is 6.61 Å². The molecule has 0 bridgehead atoms. The van der Waals surface area contributed by atoms with Crippen LogP contribution >= 0.6 is 15.9 Å². The fourth-order valence-electron chi connectivity index (χ4n) is 2.72. The molecule has 0 aliphatic heterocycles. The van der Waals surface area contributed by atoms with E-state index in [0.29, 0.717) is 11.3 Å². The van der Waals surface area contributed by atoms with Crippen molar-refractivity contribution in [3.63, 3.8) is 0 Å². The number of ether oxygens (including phenoxy) is 2. The number of nitrogens with zero attached hydrogens (tertiary/aromatic N) is 1. The highest BCUT2D eigenvalue weighted by Gasteiger charge is 2.08. The molecule has 3 aromatic rings. The molecular formula is C25H24BrNO3. The van der Waals surface area contributed by atoms with Gasteiger partial charge in [-0.15, -0.1) is 0 Å². The van der Waals surface area contributed by atoms with E-state index < -0.39 is 5.97 Å². The van der Waals surface area contributed by atoms with E-state index in [4.69, 9.17) is 9.47 Å². The number of halogens is 1. The minimum atomic E-state index is -0.404. The molecule has 0 heterocycles. The Morgan fingerprint density at radius 3 is 2.43 bits per heavy atom. The number of benzene rings is 3. The fourth-order valence-corrected chi connectivity index (χ4v) is 3.10. The summed E-state index contributed by atoms with van der Waals surface area (Å²) >= 11 is 3.36. The third-order valence-electron chi connectivity index (χ3n) is 4.37. The van der Waals surface area contributed by atoms with Crippen LogP contribution in [-0.4, -0.2) is 18.8 Å². The van der Waals surface area contributed by atoms with Crippen LogP contribution in [0, 0.1) is 0 Å². The lowest BCUT2D eigenvalue weighted by Gasteiger charge is -2.05. The predicted octanol–water partition coefficient (Wildman–Crippen LogP) is 6.99. The molecule has 154 valence electrons. The standard InChI is InChI=1S/C25H24BrNO3/c1-2-3-4-16-29-23-14-8-19(9-15-23)18-27-22-12-10-20(11-13-22)25(28)30-24-7-5-6-21(26)17-24/h5-15,17-18H,2-4,16H2,1H3. The molecule has 0 fully saturated rings. The molecule has 0 saturated carbocycles.